The predicted octanol–water partition coefficient (Wildman–Crippen LogP) is 3.48. The van der Waals surface area contributed by atoms with Crippen LogP contribution in [0, 0.1) is 0 Å². The number of hydrogen-bond acceptors (Lipinski definition) is 7. The molecule has 7 nitrogen and oxygen atoms in total. The van der Waals surface area contributed by atoms with Gasteiger partial charge in [-0.25, -0.2) is 9.79 Å². The van der Waals surface area contributed by atoms with E-state index >= 15 is 0 Å². The lowest BCUT2D eigenvalue weighted by atomic mass is 9.96. The Labute approximate surface area is 211 Å². The van der Waals surface area contributed by atoms with Crippen molar-refractivity contribution in [3.05, 3.63) is 95.6 Å². The predicted molar refractivity (Wildman–Crippen MR) is 136 cm³/mol. The summed E-state index contributed by atoms with van der Waals surface area (Å²) in [5, 5.41) is 0.556. The Hall–Kier alpha value is -3.20. The molecule has 0 saturated heterocycles. The monoisotopic (exact) mass is 512 g/mol. The zero-order chi connectivity index (χ0) is 24.9. The highest BCUT2D eigenvalue weighted by Gasteiger charge is 2.33. The van der Waals surface area contributed by atoms with Crippen LogP contribution >= 0.6 is 22.9 Å². The van der Waals surface area contributed by atoms with Crippen molar-refractivity contribution in [1.82, 2.24) is 4.57 Å². The number of ether oxygens (including phenoxy) is 3. The van der Waals surface area contributed by atoms with Gasteiger partial charge in [0.15, 0.2) is 4.80 Å². The summed E-state index contributed by atoms with van der Waals surface area (Å²) in [6.07, 6.45) is 1.81. The number of halogens is 1. The molecule has 9 heteroatoms. The molecule has 0 saturated carbocycles. The number of carbonyl (C=O) groups excluding carboxylic acids is 1. The van der Waals surface area contributed by atoms with Crippen molar-refractivity contribution in [2.45, 2.75) is 19.9 Å². The van der Waals surface area contributed by atoms with Gasteiger partial charge in [0.05, 0.1) is 35.1 Å². The van der Waals surface area contributed by atoms with Crippen LogP contribution in [0.3, 0.4) is 0 Å². The van der Waals surface area contributed by atoms with E-state index in [0.717, 1.165) is 16.9 Å². The molecule has 1 aromatic heterocycles. The summed E-state index contributed by atoms with van der Waals surface area (Å²) in [6, 6.07) is 13.9. The molecule has 0 spiro atoms. The lowest BCUT2D eigenvalue weighted by Crippen LogP contribution is -2.40. The van der Waals surface area contributed by atoms with Crippen LogP contribution in [0.15, 0.2) is 69.6 Å². The van der Waals surface area contributed by atoms with Gasteiger partial charge >= 0.3 is 5.97 Å². The highest BCUT2D eigenvalue weighted by Crippen LogP contribution is 2.31. The number of benzene rings is 2. The average molecular weight is 513 g/mol. The first-order valence-corrected chi connectivity index (χ1v) is 12.3. The normalized spacial score (nSPS) is 15.5. The number of aromatic nitrogens is 1. The first-order valence-electron chi connectivity index (χ1n) is 11.1. The van der Waals surface area contributed by atoms with Gasteiger partial charge in [0.2, 0.25) is 0 Å². The van der Waals surface area contributed by atoms with Gasteiger partial charge in [0.1, 0.15) is 12.4 Å². The first kappa shape index (κ1) is 24.9. The highest BCUT2D eigenvalue weighted by molar-refractivity contribution is 7.07. The smallest absolute Gasteiger partial charge is 0.338 e. The van der Waals surface area contributed by atoms with Crippen molar-refractivity contribution in [3.8, 4) is 5.75 Å². The molecule has 1 aliphatic rings. The van der Waals surface area contributed by atoms with Crippen LogP contribution in [0.1, 0.15) is 31.0 Å². The minimum Gasteiger partial charge on any atom is -0.494 e. The maximum absolute atomic E-state index is 13.6. The standard InChI is InChI=1S/C26H25ClN2O5S/c1-4-33-20-7-5-6-17(14-20)15-21-24(30)29-23(18-8-10-19(27)11-9-18)22(16(2)28-26(29)35-21)25(31)34-13-12-32-3/h5-11,14-15,23H,4,12-13H2,1-3H3. The number of allylic oxidation sites excluding steroid dienone is 1. The zero-order valence-electron chi connectivity index (χ0n) is 19.6. The lowest BCUT2D eigenvalue weighted by molar-refractivity contribution is -0.140. The van der Waals surface area contributed by atoms with Crippen molar-refractivity contribution < 1.29 is 19.0 Å². The van der Waals surface area contributed by atoms with E-state index in [1.165, 1.54) is 18.4 Å². The molecular formula is C26H25ClN2O5S. The number of methoxy groups -OCH3 is 1. The van der Waals surface area contributed by atoms with Gasteiger partial charge in [-0.15, -0.1) is 0 Å². The molecule has 0 bridgehead atoms. The number of esters is 1. The summed E-state index contributed by atoms with van der Waals surface area (Å²) in [5.74, 6) is 0.187. The van der Waals surface area contributed by atoms with E-state index in [2.05, 4.69) is 4.99 Å². The van der Waals surface area contributed by atoms with Crippen LogP contribution in [-0.4, -0.2) is 37.5 Å². The second kappa shape index (κ2) is 11.0. The maximum Gasteiger partial charge on any atom is 0.338 e. The van der Waals surface area contributed by atoms with E-state index in [1.807, 2.05) is 31.2 Å². The van der Waals surface area contributed by atoms with Crippen LogP contribution in [0.5, 0.6) is 5.75 Å². The third kappa shape index (κ3) is 5.40. The van der Waals surface area contributed by atoms with E-state index in [0.29, 0.717) is 32.2 Å². The van der Waals surface area contributed by atoms with Gasteiger partial charge in [-0.1, -0.05) is 47.2 Å². The van der Waals surface area contributed by atoms with Gasteiger partial charge in [0.25, 0.3) is 5.56 Å². The average Bonchev–Trinajstić information content (AvgIpc) is 3.13. The SMILES string of the molecule is CCOc1cccc(C=c2sc3n(c2=O)C(c2ccc(Cl)cc2)C(C(=O)OCCOC)=C(C)N=3)c1. The van der Waals surface area contributed by atoms with E-state index in [4.69, 9.17) is 25.8 Å². The second-order valence-corrected chi connectivity index (χ2v) is 9.21. The molecule has 0 amide bonds. The Balaban J connectivity index is 1.85. The second-order valence-electron chi connectivity index (χ2n) is 7.77. The molecule has 0 radical (unpaired) electrons. The van der Waals surface area contributed by atoms with Crippen molar-refractivity contribution in [2.75, 3.05) is 26.9 Å². The van der Waals surface area contributed by atoms with Gasteiger partial charge in [0, 0.05) is 12.1 Å². The van der Waals surface area contributed by atoms with E-state index in [-0.39, 0.29) is 18.8 Å². The summed E-state index contributed by atoms with van der Waals surface area (Å²) in [4.78, 5) is 31.8. The summed E-state index contributed by atoms with van der Waals surface area (Å²) < 4.78 is 18.0. The van der Waals surface area contributed by atoms with Gasteiger partial charge in [-0.2, -0.15) is 0 Å². The topological polar surface area (TPSA) is 79.1 Å². The first-order chi connectivity index (χ1) is 16.9. The molecule has 0 N–H and O–H groups in total. The van der Waals surface area contributed by atoms with Gasteiger partial charge in [-0.05, 0) is 55.3 Å². The van der Waals surface area contributed by atoms with Crippen molar-refractivity contribution in [2.24, 2.45) is 4.99 Å². The number of fused-ring (bicyclic) bond motifs is 1. The molecule has 2 heterocycles. The Morgan fingerprint density at radius 2 is 1.97 bits per heavy atom. The summed E-state index contributed by atoms with van der Waals surface area (Å²) in [7, 11) is 1.53. The zero-order valence-corrected chi connectivity index (χ0v) is 21.2. The molecule has 0 fully saturated rings. The van der Waals surface area contributed by atoms with Crippen LogP contribution < -0.4 is 19.6 Å². The molecule has 1 atom stereocenters. The molecule has 182 valence electrons. The van der Waals surface area contributed by atoms with E-state index in [9.17, 15) is 9.59 Å². The molecule has 3 aromatic rings. The summed E-state index contributed by atoms with van der Waals surface area (Å²) in [6.45, 7) is 4.58. The molecule has 4 rings (SSSR count). The minimum absolute atomic E-state index is 0.0973. The summed E-state index contributed by atoms with van der Waals surface area (Å²) >= 11 is 7.38. The fourth-order valence-corrected chi connectivity index (χ4v) is 5.02. The number of nitrogens with zero attached hydrogens (tertiary/aromatic N) is 2. The van der Waals surface area contributed by atoms with Crippen LogP contribution in [-0.2, 0) is 14.3 Å². The summed E-state index contributed by atoms with van der Waals surface area (Å²) in [5.41, 5.74) is 2.12. The fourth-order valence-electron chi connectivity index (χ4n) is 3.85. The van der Waals surface area contributed by atoms with E-state index < -0.39 is 12.0 Å². The van der Waals surface area contributed by atoms with Crippen molar-refractivity contribution >= 4 is 35.0 Å². The molecule has 2 aromatic carbocycles. The molecule has 1 aliphatic heterocycles. The Morgan fingerprint density at radius 3 is 2.69 bits per heavy atom. The van der Waals surface area contributed by atoms with Crippen molar-refractivity contribution in [3.63, 3.8) is 0 Å². The fraction of sp³-hybridized carbons (Fsp3) is 0.269. The molecular weight excluding hydrogens is 488 g/mol. The number of rotatable bonds is 8. The molecule has 1 unspecified atom stereocenters. The Kier molecular flexibility index (Phi) is 7.85. The third-order valence-corrected chi connectivity index (χ3v) is 6.65. The largest absolute Gasteiger partial charge is 0.494 e. The van der Waals surface area contributed by atoms with Gasteiger partial charge in [-0.3, -0.25) is 9.36 Å². The quantitative estimate of drug-likeness (QED) is 0.341. The van der Waals surface area contributed by atoms with E-state index in [1.54, 1.807) is 41.8 Å². The Bertz CT molecular complexity index is 1440. The maximum atomic E-state index is 13.6. The van der Waals surface area contributed by atoms with Crippen molar-refractivity contribution in [1.29, 1.82) is 0 Å². The van der Waals surface area contributed by atoms with Crippen LogP contribution in [0.2, 0.25) is 5.02 Å². The Morgan fingerprint density at radius 1 is 1.20 bits per heavy atom. The minimum atomic E-state index is -0.699. The lowest BCUT2D eigenvalue weighted by Gasteiger charge is -2.24. The van der Waals surface area contributed by atoms with Gasteiger partial charge < -0.3 is 14.2 Å². The molecule has 0 aliphatic carbocycles. The van der Waals surface area contributed by atoms with Crippen LogP contribution in [0.25, 0.3) is 6.08 Å². The molecule has 35 heavy (non-hydrogen) atoms. The number of carbonyl (C=O) groups is 1. The number of hydrogen-bond donors (Lipinski definition) is 0. The third-order valence-electron chi connectivity index (χ3n) is 5.41. The number of thiazole rings is 1. The van der Waals surface area contributed by atoms with Crippen LogP contribution in [0.4, 0.5) is 0 Å². The highest BCUT2D eigenvalue weighted by atomic mass is 35.5.